The van der Waals surface area contributed by atoms with E-state index in [4.69, 9.17) is 5.26 Å². The molecule has 0 spiro atoms. The van der Waals surface area contributed by atoms with E-state index in [0.29, 0.717) is 5.56 Å². The molecule has 0 aliphatic carbocycles. The number of aromatic nitrogens is 2. The lowest BCUT2D eigenvalue weighted by molar-refractivity contribution is 0.746. The maximum Gasteiger partial charge on any atom is 0.0994 e. The van der Waals surface area contributed by atoms with Crippen molar-refractivity contribution in [1.82, 2.24) is 9.78 Å². The van der Waals surface area contributed by atoms with Crippen LogP contribution >= 0.6 is 0 Å². The van der Waals surface area contributed by atoms with Crippen LogP contribution in [0.15, 0.2) is 24.4 Å². The largest absolute Gasteiger partial charge is 0.353 e. The van der Waals surface area contributed by atoms with E-state index in [9.17, 15) is 0 Å². The maximum absolute atomic E-state index is 8.90. The van der Waals surface area contributed by atoms with Crippen molar-refractivity contribution in [2.45, 2.75) is 20.3 Å². The van der Waals surface area contributed by atoms with Gasteiger partial charge in [-0.1, -0.05) is 6.92 Å². The molecular weight excluding hydrogens is 224 g/mol. The lowest BCUT2D eigenvalue weighted by Gasteiger charge is -2.07. The monoisotopic (exact) mass is 240 g/mol. The number of nitrogens with one attached hydrogen (secondary N) is 1. The van der Waals surface area contributed by atoms with Crippen LogP contribution in [0.3, 0.4) is 0 Å². The summed E-state index contributed by atoms with van der Waals surface area (Å²) >= 11 is 0. The number of benzene rings is 1. The summed E-state index contributed by atoms with van der Waals surface area (Å²) in [6.45, 7) is 4.02. The van der Waals surface area contributed by atoms with E-state index in [-0.39, 0.29) is 0 Å². The Morgan fingerprint density at radius 2 is 2.22 bits per heavy atom. The molecule has 0 aliphatic rings. The van der Waals surface area contributed by atoms with Crippen molar-refractivity contribution in [3.05, 3.63) is 41.2 Å². The minimum absolute atomic E-state index is 0.711. The SMILES string of the molecule is CCc1nn(C)cc1Nc1ccc(C#N)c(C)c1. The fraction of sp³-hybridized carbons (Fsp3) is 0.286. The summed E-state index contributed by atoms with van der Waals surface area (Å²) < 4.78 is 1.80. The topological polar surface area (TPSA) is 53.6 Å². The standard InChI is InChI=1S/C14H16N4/c1-4-13-14(9-18(3)17-13)16-12-6-5-11(8-15)10(2)7-12/h5-7,9,16H,4H2,1-3H3. The minimum Gasteiger partial charge on any atom is -0.353 e. The zero-order chi connectivity index (χ0) is 13.1. The Kier molecular flexibility index (Phi) is 3.33. The first-order valence-corrected chi connectivity index (χ1v) is 5.94. The van der Waals surface area contributed by atoms with Crippen molar-refractivity contribution in [3.63, 3.8) is 0 Å². The molecule has 0 bridgehead atoms. The van der Waals surface area contributed by atoms with E-state index >= 15 is 0 Å². The van der Waals surface area contributed by atoms with Crippen LogP contribution in [0.4, 0.5) is 11.4 Å². The van der Waals surface area contributed by atoms with Crippen LogP contribution in [0.25, 0.3) is 0 Å². The molecule has 0 atom stereocenters. The van der Waals surface area contributed by atoms with Crippen molar-refractivity contribution in [2.24, 2.45) is 7.05 Å². The number of anilines is 2. The third-order valence-electron chi connectivity index (χ3n) is 2.87. The molecular formula is C14H16N4. The average Bonchev–Trinajstić information content (AvgIpc) is 2.70. The number of nitriles is 1. The van der Waals surface area contributed by atoms with E-state index in [1.54, 1.807) is 4.68 Å². The lowest BCUT2D eigenvalue weighted by atomic mass is 10.1. The van der Waals surface area contributed by atoms with Crippen molar-refractivity contribution in [2.75, 3.05) is 5.32 Å². The van der Waals surface area contributed by atoms with E-state index in [2.05, 4.69) is 23.4 Å². The Morgan fingerprint density at radius 3 is 2.83 bits per heavy atom. The molecule has 0 radical (unpaired) electrons. The van der Waals surface area contributed by atoms with Gasteiger partial charge in [0.15, 0.2) is 0 Å². The summed E-state index contributed by atoms with van der Waals surface area (Å²) in [5.74, 6) is 0. The van der Waals surface area contributed by atoms with Crippen LogP contribution < -0.4 is 5.32 Å². The number of aryl methyl sites for hydroxylation is 3. The van der Waals surface area contributed by atoms with Gasteiger partial charge in [-0.25, -0.2) is 0 Å². The lowest BCUT2D eigenvalue weighted by Crippen LogP contribution is -1.94. The highest BCUT2D eigenvalue weighted by molar-refractivity contribution is 5.63. The smallest absolute Gasteiger partial charge is 0.0994 e. The molecule has 1 aromatic heterocycles. The van der Waals surface area contributed by atoms with E-state index < -0.39 is 0 Å². The molecule has 0 unspecified atom stereocenters. The van der Waals surface area contributed by atoms with Gasteiger partial charge in [0, 0.05) is 18.9 Å². The van der Waals surface area contributed by atoms with Gasteiger partial charge in [-0.2, -0.15) is 10.4 Å². The van der Waals surface area contributed by atoms with Gasteiger partial charge in [-0.05, 0) is 37.1 Å². The second kappa shape index (κ2) is 4.92. The number of hydrogen-bond donors (Lipinski definition) is 1. The molecule has 0 saturated heterocycles. The predicted octanol–water partition coefficient (Wildman–Crippen LogP) is 2.91. The van der Waals surface area contributed by atoms with Crippen molar-refractivity contribution >= 4 is 11.4 Å². The first kappa shape index (κ1) is 12.2. The van der Waals surface area contributed by atoms with Gasteiger partial charge >= 0.3 is 0 Å². The van der Waals surface area contributed by atoms with Crippen LogP contribution in [0.2, 0.25) is 0 Å². The summed E-state index contributed by atoms with van der Waals surface area (Å²) in [5.41, 5.74) is 4.73. The molecule has 1 aromatic carbocycles. The van der Waals surface area contributed by atoms with Gasteiger partial charge < -0.3 is 5.32 Å². The van der Waals surface area contributed by atoms with Gasteiger partial charge in [-0.3, -0.25) is 4.68 Å². The van der Waals surface area contributed by atoms with Crippen LogP contribution in [0, 0.1) is 18.3 Å². The highest BCUT2D eigenvalue weighted by atomic mass is 15.3. The summed E-state index contributed by atoms with van der Waals surface area (Å²) in [6, 6.07) is 7.89. The third-order valence-corrected chi connectivity index (χ3v) is 2.87. The van der Waals surface area contributed by atoms with Crippen molar-refractivity contribution in [1.29, 1.82) is 5.26 Å². The Bertz CT molecular complexity index is 605. The van der Waals surface area contributed by atoms with Gasteiger partial charge in [-0.15, -0.1) is 0 Å². The fourth-order valence-corrected chi connectivity index (χ4v) is 1.92. The minimum atomic E-state index is 0.711. The molecule has 0 aliphatic heterocycles. The summed E-state index contributed by atoms with van der Waals surface area (Å²) in [5, 5.41) is 16.6. The molecule has 4 nitrogen and oxygen atoms in total. The summed E-state index contributed by atoms with van der Waals surface area (Å²) in [4.78, 5) is 0. The average molecular weight is 240 g/mol. The van der Waals surface area contributed by atoms with Gasteiger partial charge in [0.05, 0.1) is 23.0 Å². The number of hydrogen-bond acceptors (Lipinski definition) is 3. The van der Waals surface area contributed by atoms with Gasteiger partial charge in [0.2, 0.25) is 0 Å². The molecule has 92 valence electrons. The van der Waals surface area contributed by atoms with Crippen LogP contribution in [-0.2, 0) is 13.5 Å². The van der Waals surface area contributed by atoms with Gasteiger partial charge in [0.25, 0.3) is 0 Å². The molecule has 0 amide bonds. The molecule has 4 heteroatoms. The Balaban J connectivity index is 2.29. The molecule has 2 rings (SSSR count). The van der Waals surface area contributed by atoms with Crippen LogP contribution in [-0.4, -0.2) is 9.78 Å². The normalized spacial score (nSPS) is 10.1. The summed E-state index contributed by atoms with van der Waals surface area (Å²) in [6.07, 6.45) is 2.85. The van der Waals surface area contributed by atoms with Crippen LogP contribution in [0.5, 0.6) is 0 Å². The first-order valence-electron chi connectivity index (χ1n) is 5.94. The first-order chi connectivity index (χ1) is 8.63. The molecule has 1 heterocycles. The van der Waals surface area contributed by atoms with Crippen molar-refractivity contribution in [3.8, 4) is 6.07 Å². The number of rotatable bonds is 3. The Labute approximate surface area is 107 Å². The third kappa shape index (κ3) is 2.35. The second-order valence-electron chi connectivity index (χ2n) is 4.28. The summed E-state index contributed by atoms with van der Waals surface area (Å²) in [7, 11) is 1.91. The van der Waals surface area contributed by atoms with E-state index in [0.717, 1.165) is 29.1 Å². The zero-order valence-corrected chi connectivity index (χ0v) is 10.9. The van der Waals surface area contributed by atoms with E-state index in [1.807, 2.05) is 38.4 Å². The molecule has 1 N–H and O–H groups in total. The number of nitrogens with zero attached hydrogens (tertiary/aromatic N) is 3. The fourth-order valence-electron chi connectivity index (χ4n) is 1.92. The quantitative estimate of drug-likeness (QED) is 0.897. The van der Waals surface area contributed by atoms with Gasteiger partial charge in [0.1, 0.15) is 0 Å². The zero-order valence-electron chi connectivity index (χ0n) is 10.9. The molecule has 0 fully saturated rings. The Morgan fingerprint density at radius 1 is 1.44 bits per heavy atom. The highest BCUT2D eigenvalue weighted by Gasteiger charge is 2.06. The van der Waals surface area contributed by atoms with Crippen molar-refractivity contribution < 1.29 is 0 Å². The Hall–Kier alpha value is -2.28. The highest BCUT2D eigenvalue weighted by Crippen LogP contribution is 2.22. The molecule has 0 saturated carbocycles. The predicted molar refractivity (Wildman–Crippen MR) is 71.8 cm³/mol. The maximum atomic E-state index is 8.90. The second-order valence-corrected chi connectivity index (χ2v) is 4.28. The van der Waals surface area contributed by atoms with Crippen LogP contribution in [0.1, 0.15) is 23.7 Å². The molecule has 2 aromatic rings. The van der Waals surface area contributed by atoms with E-state index in [1.165, 1.54) is 0 Å². The molecule has 18 heavy (non-hydrogen) atoms.